The Morgan fingerprint density at radius 3 is 2.18 bits per heavy atom. The van der Waals surface area contributed by atoms with Crippen LogP contribution in [0.5, 0.6) is 5.75 Å². The molecule has 2 aromatic rings. The van der Waals surface area contributed by atoms with E-state index in [9.17, 15) is 22.8 Å². The van der Waals surface area contributed by atoms with Crippen molar-refractivity contribution in [2.24, 2.45) is 0 Å². The second-order valence-electron chi connectivity index (χ2n) is 7.57. The number of nitrogens with one attached hydrogen (secondary N) is 1. The van der Waals surface area contributed by atoms with Gasteiger partial charge in [-0.05, 0) is 49.6 Å². The van der Waals surface area contributed by atoms with Crippen LogP contribution in [0.3, 0.4) is 0 Å². The number of hydrogen-bond donors (Lipinski definition) is 1. The topological polar surface area (TPSA) is 67.9 Å². The molecule has 1 fully saturated rings. The third-order valence-corrected chi connectivity index (χ3v) is 5.44. The second-order valence-corrected chi connectivity index (χ2v) is 7.57. The van der Waals surface area contributed by atoms with E-state index in [2.05, 4.69) is 10.1 Å². The molecule has 0 unspecified atom stereocenters. The van der Waals surface area contributed by atoms with Crippen molar-refractivity contribution in [3.63, 3.8) is 0 Å². The summed E-state index contributed by atoms with van der Waals surface area (Å²) in [7, 11) is 0. The first-order chi connectivity index (χ1) is 15.2. The van der Waals surface area contributed by atoms with Crippen LogP contribution in [0, 0.1) is 0 Å². The lowest BCUT2D eigenvalue weighted by atomic mass is 9.72. The molecule has 1 saturated heterocycles. The maximum atomic E-state index is 12.8. The lowest BCUT2D eigenvalue weighted by Gasteiger charge is -2.40. The Balaban J connectivity index is 0.00000385. The van der Waals surface area contributed by atoms with E-state index >= 15 is 0 Å². The molecule has 1 amide bonds. The fourth-order valence-corrected chi connectivity index (χ4v) is 3.87. The Morgan fingerprint density at radius 2 is 1.64 bits per heavy atom. The van der Waals surface area contributed by atoms with Gasteiger partial charge in [-0.15, -0.1) is 25.6 Å². The Labute approximate surface area is 196 Å². The van der Waals surface area contributed by atoms with Crippen molar-refractivity contribution in [1.82, 2.24) is 4.90 Å². The molecule has 6 nitrogen and oxygen atoms in total. The molecule has 0 radical (unpaired) electrons. The summed E-state index contributed by atoms with van der Waals surface area (Å²) >= 11 is 0. The number of piperidine rings is 1. The lowest BCUT2D eigenvalue weighted by Crippen LogP contribution is -2.49. The van der Waals surface area contributed by atoms with Crippen molar-refractivity contribution in [2.75, 3.05) is 31.6 Å². The van der Waals surface area contributed by atoms with Gasteiger partial charge in [0, 0.05) is 18.8 Å². The number of hydrogen-bond acceptors (Lipinski definition) is 5. The molecule has 0 atom stereocenters. The lowest BCUT2D eigenvalue weighted by molar-refractivity contribution is -0.274. The van der Waals surface area contributed by atoms with Gasteiger partial charge in [0.2, 0.25) is 5.91 Å². The maximum Gasteiger partial charge on any atom is 0.573 e. The maximum absolute atomic E-state index is 12.8. The summed E-state index contributed by atoms with van der Waals surface area (Å²) in [5.41, 5.74) is 0.536. The van der Waals surface area contributed by atoms with Crippen LogP contribution in [0.4, 0.5) is 18.9 Å². The highest BCUT2D eigenvalue weighted by Crippen LogP contribution is 2.37. The quantitative estimate of drug-likeness (QED) is 0.582. The van der Waals surface area contributed by atoms with E-state index in [1.165, 1.54) is 12.1 Å². The van der Waals surface area contributed by atoms with Crippen LogP contribution >= 0.6 is 12.4 Å². The Kier molecular flexibility index (Phi) is 9.13. The molecule has 3 rings (SSSR count). The van der Waals surface area contributed by atoms with Gasteiger partial charge in [0.25, 0.3) is 0 Å². The van der Waals surface area contributed by atoms with Gasteiger partial charge < -0.3 is 14.8 Å². The van der Waals surface area contributed by atoms with Gasteiger partial charge in [0.15, 0.2) is 0 Å². The van der Waals surface area contributed by atoms with Gasteiger partial charge in [0.1, 0.15) is 5.75 Å². The van der Waals surface area contributed by atoms with Crippen LogP contribution in [-0.2, 0) is 19.7 Å². The largest absolute Gasteiger partial charge is 0.573 e. The summed E-state index contributed by atoms with van der Waals surface area (Å²) in [4.78, 5) is 27.2. The molecular formula is C23H26ClF3N2O4. The zero-order chi connectivity index (χ0) is 23.2. The highest BCUT2D eigenvalue weighted by molar-refractivity contribution is 5.92. The predicted molar refractivity (Wildman–Crippen MR) is 119 cm³/mol. The minimum Gasteiger partial charge on any atom is -0.465 e. The molecule has 1 N–H and O–H groups in total. The molecular weight excluding hydrogens is 461 g/mol. The molecule has 2 aromatic carbocycles. The number of carbonyl (C=O) groups is 2. The standard InChI is InChI=1S/C23H25F3N2O4.ClH/c1-2-31-21(30)22(17-6-4-3-5-7-17)12-14-28(15-13-22)16-20(29)27-18-8-10-19(11-9-18)32-23(24,25)26;/h3-11H,2,12-16H2,1H3,(H,27,29);1H. The van der Waals surface area contributed by atoms with E-state index < -0.39 is 11.8 Å². The number of ether oxygens (including phenoxy) is 2. The highest BCUT2D eigenvalue weighted by Gasteiger charge is 2.44. The van der Waals surface area contributed by atoms with Crippen molar-refractivity contribution < 1.29 is 32.2 Å². The van der Waals surface area contributed by atoms with E-state index in [-0.39, 0.29) is 36.6 Å². The van der Waals surface area contributed by atoms with Crippen LogP contribution in [0.15, 0.2) is 54.6 Å². The van der Waals surface area contributed by atoms with Crippen LogP contribution in [0.25, 0.3) is 0 Å². The summed E-state index contributed by atoms with van der Waals surface area (Å²) in [6, 6.07) is 14.5. The van der Waals surface area contributed by atoms with Crippen molar-refractivity contribution >= 4 is 30.0 Å². The molecule has 180 valence electrons. The number of rotatable bonds is 7. The average Bonchev–Trinajstić information content (AvgIpc) is 2.75. The Hall–Kier alpha value is -2.78. The molecule has 1 aliphatic rings. The first-order valence-electron chi connectivity index (χ1n) is 10.3. The van der Waals surface area contributed by atoms with E-state index in [0.717, 1.165) is 17.7 Å². The minimum absolute atomic E-state index is 0. The minimum atomic E-state index is -4.77. The van der Waals surface area contributed by atoms with Crippen LogP contribution < -0.4 is 10.1 Å². The number of benzene rings is 2. The molecule has 1 heterocycles. The van der Waals surface area contributed by atoms with Crippen molar-refractivity contribution in [3.8, 4) is 5.75 Å². The van der Waals surface area contributed by atoms with Crippen molar-refractivity contribution in [3.05, 3.63) is 60.2 Å². The van der Waals surface area contributed by atoms with E-state index in [1.807, 2.05) is 35.2 Å². The molecule has 10 heteroatoms. The third-order valence-electron chi connectivity index (χ3n) is 5.44. The van der Waals surface area contributed by atoms with Crippen molar-refractivity contribution in [1.29, 1.82) is 0 Å². The number of alkyl halides is 3. The number of esters is 1. The number of likely N-dealkylation sites (tertiary alicyclic amines) is 1. The third kappa shape index (κ3) is 7.10. The summed E-state index contributed by atoms with van der Waals surface area (Å²) in [5.74, 6) is -0.906. The molecule has 1 aliphatic heterocycles. The summed E-state index contributed by atoms with van der Waals surface area (Å²) in [6.07, 6.45) is -3.73. The number of nitrogens with zero attached hydrogens (tertiary/aromatic N) is 1. The van der Waals surface area contributed by atoms with Gasteiger partial charge >= 0.3 is 12.3 Å². The predicted octanol–water partition coefficient (Wildman–Crippen LogP) is 4.54. The van der Waals surface area contributed by atoms with Gasteiger partial charge in [-0.2, -0.15) is 0 Å². The van der Waals surface area contributed by atoms with Crippen molar-refractivity contribution in [2.45, 2.75) is 31.5 Å². The molecule has 0 bridgehead atoms. The fraction of sp³-hybridized carbons (Fsp3) is 0.391. The summed E-state index contributed by atoms with van der Waals surface area (Å²) < 4.78 is 45.9. The highest BCUT2D eigenvalue weighted by atomic mass is 35.5. The smallest absolute Gasteiger partial charge is 0.465 e. The monoisotopic (exact) mass is 486 g/mol. The van der Waals surface area contributed by atoms with Crippen LogP contribution in [0.2, 0.25) is 0 Å². The van der Waals surface area contributed by atoms with E-state index in [4.69, 9.17) is 4.74 Å². The molecule has 33 heavy (non-hydrogen) atoms. The van der Waals surface area contributed by atoms with E-state index in [1.54, 1.807) is 6.92 Å². The van der Waals surface area contributed by atoms with E-state index in [0.29, 0.717) is 38.2 Å². The molecule has 0 aromatic heterocycles. The second kappa shape index (κ2) is 11.4. The number of halogens is 4. The molecule has 0 spiro atoms. The van der Waals surface area contributed by atoms with Gasteiger partial charge in [-0.25, -0.2) is 0 Å². The first kappa shape index (κ1) is 26.5. The van der Waals surface area contributed by atoms with Crippen LogP contribution in [0.1, 0.15) is 25.3 Å². The van der Waals surface area contributed by atoms with Gasteiger partial charge in [-0.1, -0.05) is 30.3 Å². The Bertz CT molecular complexity index is 916. The number of anilines is 1. The Morgan fingerprint density at radius 1 is 1.03 bits per heavy atom. The van der Waals surface area contributed by atoms with Gasteiger partial charge in [0.05, 0.1) is 18.6 Å². The normalized spacial score (nSPS) is 15.8. The summed E-state index contributed by atoms with van der Waals surface area (Å²) in [5, 5.41) is 2.67. The van der Waals surface area contributed by atoms with Gasteiger partial charge in [-0.3, -0.25) is 14.5 Å². The fourth-order valence-electron chi connectivity index (χ4n) is 3.87. The summed E-state index contributed by atoms with van der Waals surface area (Å²) in [6.45, 7) is 3.23. The number of carbonyl (C=O) groups excluding carboxylic acids is 2. The first-order valence-corrected chi connectivity index (χ1v) is 10.3. The van der Waals surface area contributed by atoms with Crippen LogP contribution in [-0.4, -0.2) is 49.4 Å². The zero-order valence-corrected chi connectivity index (χ0v) is 18.9. The average molecular weight is 487 g/mol. The number of amides is 1. The zero-order valence-electron chi connectivity index (χ0n) is 18.1. The molecule has 0 aliphatic carbocycles. The molecule has 0 saturated carbocycles. The SMILES string of the molecule is CCOC(=O)C1(c2ccccc2)CCN(CC(=O)Nc2ccc(OC(F)(F)F)cc2)CC1.Cl.